The normalized spacial score (nSPS) is 17.9. The Bertz CT molecular complexity index is 564. The Morgan fingerprint density at radius 1 is 1.33 bits per heavy atom. The molecule has 1 saturated heterocycles. The lowest BCUT2D eigenvalue weighted by atomic mass is 9.89. The molecule has 0 amide bonds. The van der Waals surface area contributed by atoms with E-state index in [1.54, 1.807) is 6.20 Å². The molecule has 0 aliphatic carbocycles. The zero-order valence-electron chi connectivity index (χ0n) is 12.1. The molecule has 1 atom stereocenters. The number of aryl methyl sites for hydroxylation is 1. The monoisotopic (exact) mass is 288 g/mol. The van der Waals surface area contributed by atoms with Gasteiger partial charge >= 0.3 is 6.01 Å². The van der Waals surface area contributed by atoms with Crippen molar-refractivity contribution in [2.75, 3.05) is 18.0 Å². The van der Waals surface area contributed by atoms with Gasteiger partial charge in [-0.25, -0.2) is 0 Å². The van der Waals surface area contributed by atoms with Gasteiger partial charge in [0.15, 0.2) is 0 Å². The van der Waals surface area contributed by atoms with E-state index >= 15 is 0 Å². The number of hydrogen-bond acceptors (Lipinski definition) is 6. The Morgan fingerprint density at radius 2 is 2.14 bits per heavy atom. The van der Waals surface area contributed by atoms with Crippen LogP contribution in [0.3, 0.4) is 0 Å². The molecule has 0 radical (unpaired) electrons. The second kappa shape index (κ2) is 6.22. The Kier molecular flexibility index (Phi) is 4.15. The van der Waals surface area contributed by atoms with E-state index in [2.05, 4.69) is 20.1 Å². The van der Waals surface area contributed by atoms with Crippen LogP contribution in [0.2, 0.25) is 0 Å². The van der Waals surface area contributed by atoms with E-state index in [1.807, 2.05) is 25.1 Å². The highest BCUT2D eigenvalue weighted by Gasteiger charge is 2.28. The van der Waals surface area contributed by atoms with Crippen LogP contribution in [0.25, 0.3) is 0 Å². The summed E-state index contributed by atoms with van der Waals surface area (Å²) in [5.74, 6) is 0.894. The van der Waals surface area contributed by atoms with Crippen LogP contribution in [-0.4, -0.2) is 33.4 Å². The quantitative estimate of drug-likeness (QED) is 0.927. The van der Waals surface area contributed by atoms with Crippen LogP contribution in [0.1, 0.15) is 37.5 Å². The molecule has 6 nitrogen and oxygen atoms in total. The minimum Gasteiger partial charge on any atom is -0.408 e. The fourth-order valence-corrected chi connectivity index (χ4v) is 2.71. The molecule has 1 unspecified atom stereocenters. The predicted molar refractivity (Wildman–Crippen MR) is 77.8 cm³/mol. The number of nitrogens with zero attached hydrogens (tertiary/aromatic N) is 4. The van der Waals surface area contributed by atoms with Gasteiger partial charge in [0.1, 0.15) is 0 Å². The van der Waals surface area contributed by atoms with Crippen LogP contribution in [-0.2, 0) is 6.42 Å². The second-order valence-electron chi connectivity index (χ2n) is 5.36. The first-order valence-electron chi connectivity index (χ1n) is 7.44. The van der Waals surface area contributed by atoms with E-state index in [4.69, 9.17) is 4.42 Å². The van der Waals surface area contributed by atoms with E-state index < -0.39 is 6.10 Å². The molecule has 112 valence electrons. The molecule has 21 heavy (non-hydrogen) atoms. The van der Waals surface area contributed by atoms with E-state index in [9.17, 15) is 5.11 Å². The molecule has 0 bridgehead atoms. The second-order valence-corrected chi connectivity index (χ2v) is 5.36. The molecule has 1 aliphatic heterocycles. The van der Waals surface area contributed by atoms with Gasteiger partial charge in [0, 0.05) is 25.7 Å². The molecule has 2 aromatic rings. The van der Waals surface area contributed by atoms with Crippen LogP contribution >= 0.6 is 0 Å². The van der Waals surface area contributed by atoms with Crippen molar-refractivity contribution < 1.29 is 9.52 Å². The summed E-state index contributed by atoms with van der Waals surface area (Å²) >= 11 is 0. The Labute approximate surface area is 123 Å². The third-order valence-electron chi connectivity index (χ3n) is 4.01. The van der Waals surface area contributed by atoms with Crippen molar-refractivity contribution >= 4 is 6.01 Å². The fraction of sp³-hybridized carbons (Fsp3) is 0.533. The lowest BCUT2D eigenvalue weighted by Gasteiger charge is -2.32. The van der Waals surface area contributed by atoms with E-state index in [-0.39, 0.29) is 5.92 Å². The summed E-state index contributed by atoms with van der Waals surface area (Å²) in [5.41, 5.74) is 0.752. The van der Waals surface area contributed by atoms with Gasteiger partial charge in [-0.3, -0.25) is 4.98 Å². The first-order chi connectivity index (χ1) is 10.3. The van der Waals surface area contributed by atoms with E-state index in [1.165, 1.54) is 0 Å². The van der Waals surface area contributed by atoms with Gasteiger partial charge < -0.3 is 14.4 Å². The number of rotatable bonds is 4. The zero-order valence-corrected chi connectivity index (χ0v) is 12.1. The number of aromatic nitrogens is 3. The maximum atomic E-state index is 10.4. The molecule has 1 aliphatic rings. The Morgan fingerprint density at radius 3 is 2.76 bits per heavy atom. The number of aliphatic hydroxyl groups is 1. The number of hydrogen-bond donors (Lipinski definition) is 1. The van der Waals surface area contributed by atoms with Crippen LogP contribution < -0.4 is 4.90 Å². The average molecular weight is 288 g/mol. The highest BCUT2D eigenvalue weighted by atomic mass is 16.4. The van der Waals surface area contributed by atoms with Crippen LogP contribution in [0.5, 0.6) is 0 Å². The largest absolute Gasteiger partial charge is 0.408 e. The van der Waals surface area contributed by atoms with E-state index in [0.29, 0.717) is 11.9 Å². The first-order valence-corrected chi connectivity index (χ1v) is 7.44. The molecule has 2 aromatic heterocycles. The Hall–Kier alpha value is -1.95. The molecule has 6 heteroatoms. The summed E-state index contributed by atoms with van der Waals surface area (Å²) in [4.78, 5) is 6.33. The Balaban J connectivity index is 1.60. The summed E-state index contributed by atoms with van der Waals surface area (Å²) in [6, 6.07) is 6.24. The van der Waals surface area contributed by atoms with Crippen LogP contribution in [0, 0.1) is 5.92 Å². The molecule has 1 fully saturated rings. The van der Waals surface area contributed by atoms with Crippen molar-refractivity contribution in [1.82, 2.24) is 15.2 Å². The number of piperidine rings is 1. The smallest absolute Gasteiger partial charge is 0.318 e. The summed E-state index contributed by atoms with van der Waals surface area (Å²) in [6.45, 7) is 3.63. The minimum atomic E-state index is -0.498. The third-order valence-corrected chi connectivity index (χ3v) is 4.01. The molecule has 3 heterocycles. The molecule has 0 aromatic carbocycles. The summed E-state index contributed by atoms with van der Waals surface area (Å²) in [7, 11) is 0. The molecule has 3 rings (SSSR count). The maximum absolute atomic E-state index is 10.4. The molecule has 0 saturated carbocycles. The zero-order chi connectivity index (χ0) is 14.7. The summed E-state index contributed by atoms with van der Waals surface area (Å²) < 4.78 is 5.58. The van der Waals surface area contributed by atoms with E-state index in [0.717, 1.165) is 38.0 Å². The van der Waals surface area contributed by atoms with Gasteiger partial charge in [-0.05, 0) is 30.9 Å². The summed E-state index contributed by atoms with van der Waals surface area (Å²) in [6.07, 6.45) is 3.76. The highest BCUT2D eigenvalue weighted by Crippen LogP contribution is 2.31. The number of anilines is 1. The van der Waals surface area contributed by atoms with Crippen molar-refractivity contribution in [2.45, 2.75) is 32.3 Å². The minimum absolute atomic E-state index is 0.227. The maximum Gasteiger partial charge on any atom is 0.318 e. The van der Waals surface area contributed by atoms with Gasteiger partial charge in [0.25, 0.3) is 0 Å². The molecule has 0 spiro atoms. The standard InChI is InChI=1S/C15H20N4O2/c1-2-13-17-18-15(21-13)19-9-6-11(7-10-19)14(20)12-5-3-4-8-16-12/h3-5,8,11,14,20H,2,6-7,9-10H2,1H3. The van der Waals surface area contributed by atoms with Gasteiger partial charge in [-0.2, -0.15) is 0 Å². The fourth-order valence-electron chi connectivity index (χ4n) is 2.71. The molecule has 1 N–H and O–H groups in total. The van der Waals surface area contributed by atoms with Crippen molar-refractivity contribution in [2.24, 2.45) is 5.92 Å². The lowest BCUT2D eigenvalue weighted by molar-refractivity contribution is 0.0884. The van der Waals surface area contributed by atoms with Crippen molar-refractivity contribution in [3.63, 3.8) is 0 Å². The third kappa shape index (κ3) is 3.05. The van der Waals surface area contributed by atoms with Gasteiger partial charge in [-0.15, -0.1) is 5.10 Å². The SMILES string of the molecule is CCc1nnc(N2CCC(C(O)c3ccccn3)CC2)o1. The first kappa shape index (κ1) is 14.0. The van der Waals surface area contributed by atoms with Crippen molar-refractivity contribution in [1.29, 1.82) is 0 Å². The van der Waals surface area contributed by atoms with Gasteiger partial charge in [-0.1, -0.05) is 18.1 Å². The average Bonchev–Trinajstić information content (AvgIpc) is 3.04. The highest BCUT2D eigenvalue weighted by molar-refractivity contribution is 5.25. The summed E-state index contributed by atoms with van der Waals surface area (Å²) in [5, 5.41) is 18.5. The van der Waals surface area contributed by atoms with Crippen molar-refractivity contribution in [3.8, 4) is 0 Å². The van der Waals surface area contributed by atoms with Gasteiger partial charge in [0.2, 0.25) is 5.89 Å². The lowest BCUT2D eigenvalue weighted by Crippen LogP contribution is -2.36. The molecular formula is C15H20N4O2. The van der Waals surface area contributed by atoms with Crippen molar-refractivity contribution in [3.05, 3.63) is 36.0 Å². The van der Waals surface area contributed by atoms with Gasteiger partial charge in [0.05, 0.1) is 11.8 Å². The topological polar surface area (TPSA) is 75.3 Å². The number of aliphatic hydroxyl groups excluding tert-OH is 1. The number of pyridine rings is 1. The predicted octanol–water partition coefficient (Wildman–Crippen LogP) is 1.98. The van der Waals surface area contributed by atoms with Crippen LogP contribution in [0.4, 0.5) is 6.01 Å². The molecular weight excluding hydrogens is 268 g/mol. The van der Waals surface area contributed by atoms with Crippen LogP contribution in [0.15, 0.2) is 28.8 Å².